The zero-order valence-corrected chi connectivity index (χ0v) is 58.0. The molecular weight excluding hydrogens is 1380 g/mol. The molecule has 3 aromatic rings. The van der Waals surface area contributed by atoms with Crippen LogP contribution in [0, 0.1) is 19.8 Å². The van der Waals surface area contributed by atoms with Gasteiger partial charge in [0.25, 0.3) is 5.91 Å². The predicted octanol–water partition coefficient (Wildman–Crippen LogP) is -2.19. The Bertz CT molecular complexity index is 3280. The molecule has 34 nitrogen and oxygen atoms in total. The van der Waals surface area contributed by atoms with E-state index in [-0.39, 0.29) is 158 Å². The fourth-order valence-electron chi connectivity index (χ4n) is 10.6. The van der Waals surface area contributed by atoms with Crippen molar-refractivity contribution in [1.29, 1.82) is 0 Å². The molecule has 36 heteroatoms. The molecule has 1 aromatic heterocycles. The first-order chi connectivity index (χ1) is 45.1. The van der Waals surface area contributed by atoms with Gasteiger partial charge in [-0.05, 0) is 93.8 Å². The summed E-state index contributed by atoms with van der Waals surface area (Å²) >= 11 is 0. The Morgan fingerprint density at radius 2 is 1.18 bits per heavy atom. The number of amidine groups is 1. The second kappa shape index (κ2) is 41.2. The van der Waals surface area contributed by atoms with E-state index in [0.717, 1.165) is 50.1 Å². The Kier molecular flexibility index (Phi) is 34.5. The zero-order chi connectivity index (χ0) is 69.6. The first-order valence-corrected chi connectivity index (χ1v) is 32.7. The fourth-order valence-corrected chi connectivity index (χ4v) is 12.2. The van der Waals surface area contributed by atoms with Gasteiger partial charge in [-0.1, -0.05) is 0 Å². The Morgan fingerprint density at radius 3 is 1.73 bits per heavy atom. The van der Waals surface area contributed by atoms with Crippen LogP contribution in [0.5, 0.6) is 5.75 Å². The summed E-state index contributed by atoms with van der Waals surface area (Å²) in [6.07, 6.45) is 3.88. The average Bonchev–Trinajstić information content (AvgIpc) is 0.840. The molecule has 5 amide bonds. The maximum Gasteiger partial charge on any atom is 3.00 e. The van der Waals surface area contributed by atoms with Crippen molar-refractivity contribution in [3.8, 4) is 5.75 Å². The number of aryl methyl sites for hydroxylation is 3. The van der Waals surface area contributed by atoms with Crippen molar-refractivity contribution < 1.29 is 96.5 Å². The molecule has 524 valence electrons. The number of aliphatic carboxylic acids is 6. The van der Waals surface area contributed by atoms with Gasteiger partial charge in [0.2, 0.25) is 33.7 Å². The van der Waals surface area contributed by atoms with Gasteiger partial charge in [-0.25, -0.2) is 8.42 Å². The number of nitrogens with one attached hydrogen (secondary N) is 7. The minimum atomic E-state index is -4.48. The van der Waals surface area contributed by atoms with Gasteiger partial charge in [0, 0.05) is 135 Å². The first kappa shape index (κ1) is 80.4. The van der Waals surface area contributed by atoms with Crippen molar-refractivity contribution in [3.63, 3.8) is 0 Å². The van der Waals surface area contributed by atoms with E-state index in [1.54, 1.807) is 44.0 Å². The Labute approximate surface area is 573 Å². The van der Waals surface area contributed by atoms with Gasteiger partial charge in [0.15, 0.2) is 0 Å². The van der Waals surface area contributed by atoms with E-state index in [4.69, 9.17) is 4.74 Å². The molecule has 0 radical (unpaired) electrons. The molecule has 3 heterocycles. The standard InChI is InChI=1S/C60H88N14O20S.In/c1-39-29-44(30-40(2)56(39)95(92,93)69-46(60(90)91)34-66-57(87)41-9-12-47-43(31-41)33-67-74(47)19-6-16-62-48-7-3-4-15-61-48)94-28-5-8-49(75)63-17-18-64-59(89)45(11-14-52(79)80)68-58(88)42(10-13-51(77)78)32-65-50(76)35-70-20-22-71(36-53(81)82)24-26-73(38-55(85)86)27-25-72(23-21-70)37-54(83)84;/h9,12,29-31,33,42,45-46,69H,3-8,10-11,13-28,32,34-38H2,1-2H3,(H,61,62)(H,63,75)(H,64,89)(H,65,76)(H,66,87)(H,68,88)(H,77,78)(H,79,80)(H,81,82)(H,83,84)(H,85,86)(H,90,91);/q;+3/t42-,45?,46+;/m1./s1. The Morgan fingerprint density at radius 1 is 0.604 bits per heavy atom. The van der Waals surface area contributed by atoms with Gasteiger partial charge in [0.1, 0.15) is 17.8 Å². The minimum Gasteiger partial charge on any atom is -0.494 e. The quantitative estimate of drug-likeness (QED) is 0.0271. The number of hydrogen-bond donors (Lipinski definition) is 13. The number of carboxylic acid groups (broad SMARTS) is 6. The van der Waals surface area contributed by atoms with Crippen LogP contribution in [0.1, 0.15) is 85.7 Å². The normalized spacial score (nSPS) is 15.5. The number of benzene rings is 2. The van der Waals surface area contributed by atoms with Crippen LogP contribution < -0.4 is 41.4 Å². The van der Waals surface area contributed by atoms with E-state index < -0.39 is 139 Å². The third-order valence-corrected chi connectivity index (χ3v) is 17.3. The number of aromatic nitrogens is 2. The van der Waals surface area contributed by atoms with Gasteiger partial charge < -0.3 is 67.3 Å². The van der Waals surface area contributed by atoms with Crippen LogP contribution in [-0.2, 0) is 64.5 Å². The second-order valence-electron chi connectivity index (χ2n) is 23.1. The molecule has 1 unspecified atom stereocenters. The van der Waals surface area contributed by atoms with E-state index in [0.29, 0.717) is 11.9 Å². The SMILES string of the molecule is Cc1cc(OCCCC(=O)NCCNC(=O)C(CCC(=O)O)NC(=O)[C@H](CCC(=O)O)CNC(=O)CN2CCN(CC(=O)O)CCN(CC(=O)O)CCN(CC(=O)O)CC2)cc(C)c1S(=O)(=O)N[C@@H](CNC(=O)c1ccc2c(cnn2CCCNC2=NCCCC2)c1)C(=O)O.[In+3]. The third-order valence-electron chi connectivity index (χ3n) is 15.5. The second-order valence-corrected chi connectivity index (χ2v) is 24.8. The minimum absolute atomic E-state index is 0. The van der Waals surface area contributed by atoms with Crippen LogP contribution in [0.2, 0.25) is 0 Å². The van der Waals surface area contributed by atoms with Crippen molar-refractivity contribution in [2.24, 2.45) is 10.9 Å². The zero-order valence-electron chi connectivity index (χ0n) is 53.9. The van der Waals surface area contributed by atoms with Crippen molar-refractivity contribution in [2.45, 2.75) is 102 Å². The first-order valence-electron chi connectivity index (χ1n) is 31.3. The molecule has 1 fully saturated rings. The third kappa shape index (κ3) is 29.1. The molecule has 2 aliphatic heterocycles. The van der Waals surface area contributed by atoms with Gasteiger partial charge in [0.05, 0.1) is 61.1 Å². The summed E-state index contributed by atoms with van der Waals surface area (Å²) in [5, 5.41) is 78.7. The summed E-state index contributed by atoms with van der Waals surface area (Å²) in [4.78, 5) is 148. The van der Waals surface area contributed by atoms with E-state index in [1.807, 2.05) is 4.68 Å². The number of carbonyl (C=O) groups is 11. The number of ether oxygens (including phenoxy) is 1. The summed E-state index contributed by atoms with van der Waals surface area (Å²) in [6, 6.07) is 4.59. The number of fused-ring (bicyclic) bond motifs is 1. The molecule has 0 saturated carbocycles. The van der Waals surface area contributed by atoms with Gasteiger partial charge in [-0.15, -0.1) is 0 Å². The topological polar surface area (TPSA) is 480 Å². The van der Waals surface area contributed by atoms with E-state index in [1.165, 1.54) is 26.0 Å². The molecule has 0 bridgehead atoms. The number of rotatable bonds is 38. The summed E-state index contributed by atoms with van der Waals surface area (Å²) in [5.74, 6) is -10.9. The summed E-state index contributed by atoms with van der Waals surface area (Å²) in [6.45, 7) is 3.45. The van der Waals surface area contributed by atoms with Crippen molar-refractivity contribution in [2.75, 3.05) is 124 Å². The molecule has 2 aromatic carbocycles. The molecule has 3 atom stereocenters. The average molecular weight is 1470 g/mol. The van der Waals surface area contributed by atoms with Crippen LogP contribution in [0.15, 0.2) is 46.4 Å². The molecule has 13 N–H and O–H groups in total. The van der Waals surface area contributed by atoms with E-state index in [2.05, 4.69) is 46.7 Å². The summed E-state index contributed by atoms with van der Waals surface area (Å²) in [7, 11) is -4.48. The van der Waals surface area contributed by atoms with E-state index in [9.17, 15) is 91.8 Å². The molecule has 2 aliphatic rings. The van der Waals surface area contributed by atoms with Crippen LogP contribution in [-0.4, -0.2) is 302 Å². The number of hydrogen-bond acceptors (Lipinski definition) is 21. The molecule has 0 aliphatic carbocycles. The maximum absolute atomic E-state index is 13.7. The fraction of sp³-hybridized carbons (Fsp3) is 0.583. The Balaban J connectivity index is 0.0000196. The molecule has 0 spiro atoms. The van der Waals surface area contributed by atoms with Gasteiger partial charge in [-0.2, -0.15) is 9.82 Å². The summed E-state index contributed by atoms with van der Waals surface area (Å²) in [5.41, 5.74) is 1.45. The van der Waals surface area contributed by atoms with Crippen LogP contribution >= 0.6 is 0 Å². The van der Waals surface area contributed by atoms with Gasteiger partial charge in [-0.3, -0.25) is 82.0 Å². The van der Waals surface area contributed by atoms with Crippen molar-refractivity contribution in [1.82, 2.24) is 66.0 Å². The molecule has 1 saturated heterocycles. The molecule has 96 heavy (non-hydrogen) atoms. The number of carboxylic acids is 6. The number of carbonyl (C=O) groups excluding carboxylic acids is 5. The van der Waals surface area contributed by atoms with Crippen LogP contribution in [0.25, 0.3) is 10.9 Å². The van der Waals surface area contributed by atoms with Gasteiger partial charge >= 0.3 is 61.7 Å². The Hall–Kier alpha value is -8.03. The number of aliphatic imine (C=N–C) groups is 1. The maximum atomic E-state index is 13.7. The number of nitrogens with zero attached hydrogens (tertiary/aromatic N) is 7. The largest absolute Gasteiger partial charge is 3.00 e. The molecular formula is C60H88InN14O20S+3. The monoisotopic (exact) mass is 1470 g/mol. The van der Waals surface area contributed by atoms with E-state index >= 15 is 0 Å². The van der Waals surface area contributed by atoms with Crippen LogP contribution in [0.3, 0.4) is 0 Å². The summed E-state index contributed by atoms with van der Waals surface area (Å²) < 4.78 is 37.2. The van der Waals surface area contributed by atoms with Crippen molar-refractivity contribution in [3.05, 3.63) is 53.2 Å². The number of sulfonamides is 1. The predicted molar refractivity (Wildman–Crippen MR) is 346 cm³/mol. The van der Waals surface area contributed by atoms with Crippen molar-refractivity contribution >= 4 is 118 Å². The smallest absolute Gasteiger partial charge is 0.494 e. The van der Waals surface area contributed by atoms with Crippen LogP contribution in [0.4, 0.5) is 0 Å². The number of amides is 5. The molecule has 5 rings (SSSR count).